The highest BCUT2D eigenvalue weighted by molar-refractivity contribution is 5.50. The molecule has 1 aromatic rings. The van der Waals surface area contributed by atoms with Crippen LogP contribution in [0.15, 0.2) is 18.2 Å². The van der Waals surface area contributed by atoms with Crippen molar-refractivity contribution in [3.63, 3.8) is 0 Å². The minimum Gasteiger partial charge on any atom is -0.502 e. The van der Waals surface area contributed by atoms with Crippen LogP contribution >= 0.6 is 0 Å². The van der Waals surface area contributed by atoms with Crippen molar-refractivity contribution in [1.82, 2.24) is 5.32 Å². The van der Waals surface area contributed by atoms with Crippen LogP contribution in [-0.2, 0) is 6.54 Å². The van der Waals surface area contributed by atoms with Gasteiger partial charge in [-0.1, -0.05) is 12.1 Å². The van der Waals surface area contributed by atoms with Gasteiger partial charge in [0.15, 0.2) is 5.75 Å². The summed E-state index contributed by atoms with van der Waals surface area (Å²) < 4.78 is 0. The monoisotopic (exact) mass is 222 g/mol. The molecule has 86 valence electrons. The van der Waals surface area contributed by atoms with Gasteiger partial charge < -0.3 is 10.4 Å². The van der Waals surface area contributed by atoms with E-state index in [1.165, 1.54) is 18.9 Å². The second-order valence-corrected chi connectivity index (χ2v) is 4.12. The van der Waals surface area contributed by atoms with Crippen LogP contribution in [-0.4, -0.2) is 16.6 Å². The standard InChI is InChI=1S/C11H14N2O3/c14-11-9(7-12-6-8-4-5-8)2-1-3-10(11)13(15)16/h1-3,8,12,14H,4-7H2. The second-order valence-electron chi connectivity index (χ2n) is 4.12. The first-order chi connectivity index (χ1) is 7.68. The molecule has 1 aliphatic carbocycles. The first-order valence-electron chi connectivity index (χ1n) is 5.34. The van der Waals surface area contributed by atoms with Gasteiger partial charge in [-0.3, -0.25) is 10.1 Å². The predicted octanol–water partition coefficient (Wildman–Crippen LogP) is 1.80. The number of hydrogen-bond donors (Lipinski definition) is 2. The van der Waals surface area contributed by atoms with Crippen molar-refractivity contribution in [2.75, 3.05) is 6.54 Å². The van der Waals surface area contributed by atoms with Crippen molar-refractivity contribution in [2.24, 2.45) is 5.92 Å². The van der Waals surface area contributed by atoms with E-state index in [0.717, 1.165) is 12.5 Å². The van der Waals surface area contributed by atoms with E-state index < -0.39 is 4.92 Å². The fourth-order valence-corrected chi connectivity index (χ4v) is 1.60. The lowest BCUT2D eigenvalue weighted by atomic mass is 10.1. The Kier molecular flexibility index (Phi) is 3.05. The molecule has 1 saturated carbocycles. The zero-order valence-electron chi connectivity index (χ0n) is 8.85. The van der Waals surface area contributed by atoms with Crippen LogP contribution < -0.4 is 5.32 Å². The Balaban J connectivity index is 2.01. The molecule has 0 radical (unpaired) electrons. The number of aromatic hydroxyl groups is 1. The van der Waals surface area contributed by atoms with E-state index in [-0.39, 0.29) is 11.4 Å². The van der Waals surface area contributed by atoms with Crippen LogP contribution in [0.3, 0.4) is 0 Å². The van der Waals surface area contributed by atoms with Gasteiger partial charge in [-0.15, -0.1) is 0 Å². The number of nitro groups is 1. The predicted molar refractivity (Wildman–Crippen MR) is 59.2 cm³/mol. The molecule has 1 aliphatic rings. The Hall–Kier alpha value is -1.62. The molecule has 0 saturated heterocycles. The molecule has 0 aliphatic heterocycles. The SMILES string of the molecule is O=[N+]([O-])c1cccc(CNCC2CC2)c1O. The lowest BCUT2D eigenvalue weighted by Crippen LogP contribution is -2.16. The summed E-state index contributed by atoms with van der Waals surface area (Å²) in [5, 5.41) is 23.4. The Morgan fingerprint density at radius 3 is 2.88 bits per heavy atom. The number of hydrogen-bond acceptors (Lipinski definition) is 4. The van der Waals surface area contributed by atoms with Gasteiger partial charge in [-0.2, -0.15) is 0 Å². The summed E-state index contributed by atoms with van der Waals surface area (Å²) in [7, 11) is 0. The molecule has 5 nitrogen and oxygen atoms in total. The van der Waals surface area contributed by atoms with Crippen LogP contribution in [0.4, 0.5) is 5.69 Å². The molecule has 0 amide bonds. The summed E-state index contributed by atoms with van der Waals surface area (Å²) in [6.07, 6.45) is 2.52. The summed E-state index contributed by atoms with van der Waals surface area (Å²) >= 11 is 0. The molecule has 2 N–H and O–H groups in total. The van der Waals surface area contributed by atoms with Gasteiger partial charge in [0.2, 0.25) is 0 Å². The molecule has 16 heavy (non-hydrogen) atoms. The van der Waals surface area contributed by atoms with E-state index in [4.69, 9.17) is 0 Å². The molecular weight excluding hydrogens is 208 g/mol. The minimum atomic E-state index is -0.570. The summed E-state index contributed by atoms with van der Waals surface area (Å²) in [5.41, 5.74) is 0.348. The third kappa shape index (κ3) is 2.49. The quantitative estimate of drug-likeness (QED) is 0.588. The van der Waals surface area contributed by atoms with Crippen LogP contribution in [0.2, 0.25) is 0 Å². The summed E-state index contributed by atoms with van der Waals surface area (Å²) in [6, 6.07) is 4.59. The first kappa shape index (κ1) is 10.9. The van der Waals surface area contributed by atoms with E-state index in [1.54, 1.807) is 12.1 Å². The second kappa shape index (κ2) is 4.49. The average Bonchev–Trinajstić information content (AvgIpc) is 3.04. The molecule has 0 bridgehead atoms. The Morgan fingerprint density at radius 1 is 1.50 bits per heavy atom. The van der Waals surface area contributed by atoms with Gasteiger partial charge in [0.1, 0.15) is 0 Å². The Morgan fingerprint density at radius 2 is 2.25 bits per heavy atom. The van der Waals surface area contributed by atoms with Crippen molar-refractivity contribution in [1.29, 1.82) is 0 Å². The van der Waals surface area contributed by atoms with Gasteiger partial charge in [-0.05, 0) is 25.3 Å². The molecule has 0 spiro atoms. The number of para-hydroxylation sites is 1. The van der Waals surface area contributed by atoms with Crippen LogP contribution in [0.25, 0.3) is 0 Å². The van der Waals surface area contributed by atoms with Crippen molar-refractivity contribution < 1.29 is 10.0 Å². The van der Waals surface area contributed by atoms with E-state index in [9.17, 15) is 15.2 Å². The fourth-order valence-electron chi connectivity index (χ4n) is 1.60. The van der Waals surface area contributed by atoms with Gasteiger partial charge >= 0.3 is 5.69 Å². The number of nitrogens with one attached hydrogen (secondary N) is 1. The van der Waals surface area contributed by atoms with Crippen molar-refractivity contribution in [3.8, 4) is 5.75 Å². The van der Waals surface area contributed by atoms with Crippen molar-refractivity contribution in [3.05, 3.63) is 33.9 Å². The normalized spacial score (nSPS) is 15.0. The van der Waals surface area contributed by atoms with E-state index in [1.807, 2.05) is 0 Å². The van der Waals surface area contributed by atoms with Gasteiger partial charge in [0.05, 0.1) is 4.92 Å². The molecule has 1 fully saturated rings. The van der Waals surface area contributed by atoms with Crippen molar-refractivity contribution in [2.45, 2.75) is 19.4 Å². The summed E-state index contributed by atoms with van der Waals surface area (Å²) in [4.78, 5) is 10.0. The Labute approximate surface area is 93.2 Å². The number of rotatable bonds is 5. The maximum absolute atomic E-state index is 10.6. The smallest absolute Gasteiger partial charge is 0.311 e. The topological polar surface area (TPSA) is 75.4 Å². The fraction of sp³-hybridized carbons (Fsp3) is 0.455. The molecule has 1 aromatic carbocycles. The van der Waals surface area contributed by atoms with Crippen LogP contribution in [0, 0.1) is 16.0 Å². The molecular formula is C11H14N2O3. The molecule has 0 unspecified atom stereocenters. The number of phenolic OH excluding ortho intramolecular Hbond substituents is 1. The molecule has 0 aromatic heterocycles. The van der Waals surface area contributed by atoms with Crippen LogP contribution in [0.1, 0.15) is 18.4 Å². The maximum atomic E-state index is 10.6. The zero-order valence-corrected chi connectivity index (χ0v) is 8.85. The van der Waals surface area contributed by atoms with E-state index in [0.29, 0.717) is 12.1 Å². The number of benzene rings is 1. The highest BCUT2D eigenvalue weighted by atomic mass is 16.6. The summed E-state index contributed by atoms with van der Waals surface area (Å²) in [5.74, 6) is 0.525. The van der Waals surface area contributed by atoms with E-state index >= 15 is 0 Å². The molecule has 0 heterocycles. The van der Waals surface area contributed by atoms with Gasteiger partial charge in [0.25, 0.3) is 0 Å². The zero-order chi connectivity index (χ0) is 11.5. The lowest BCUT2D eigenvalue weighted by molar-refractivity contribution is -0.385. The number of nitro benzene ring substituents is 1. The third-order valence-corrected chi connectivity index (χ3v) is 2.74. The van der Waals surface area contributed by atoms with Gasteiger partial charge in [0, 0.05) is 18.2 Å². The van der Waals surface area contributed by atoms with E-state index in [2.05, 4.69) is 5.32 Å². The first-order valence-corrected chi connectivity index (χ1v) is 5.34. The third-order valence-electron chi connectivity index (χ3n) is 2.74. The summed E-state index contributed by atoms with van der Waals surface area (Å²) in [6.45, 7) is 1.39. The molecule has 5 heteroatoms. The highest BCUT2D eigenvalue weighted by Gasteiger charge is 2.21. The lowest BCUT2D eigenvalue weighted by Gasteiger charge is -2.06. The Bertz CT molecular complexity index is 402. The largest absolute Gasteiger partial charge is 0.502 e. The molecule has 2 rings (SSSR count). The van der Waals surface area contributed by atoms with Crippen molar-refractivity contribution >= 4 is 5.69 Å². The minimum absolute atomic E-state index is 0.226. The van der Waals surface area contributed by atoms with Gasteiger partial charge in [-0.25, -0.2) is 0 Å². The van der Waals surface area contributed by atoms with Crippen LogP contribution in [0.5, 0.6) is 5.75 Å². The number of phenols is 1. The average molecular weight is 222 g/mol. The molecule has 0 atom stereocenters. The maximum Gasteiger partial charge on any atom is 0.311 e. The number of nitrogens with zero attached hydrogens (tertiary/aromatic N) is 1. The highest BCUT2D eigenvalue weighted by Crippen LogP contribution is 2.30.